The summed E-state index contributed by atoms with van der Waals surface area (Å²) in [4.78, 5) is 4.66. The minimum atomic E-state index is 0.0817. The largest absolute Gasteiger partial charge is 0.377 e. The molecule has 1 aliphatic rings. The van der Waals surface area contributed by atoms with Crippen molar-refractivity contribution in [2.24, 2.45) is 0 Å². The standard InChI is InChI=1S/C14H17BrN2O2/c1-18-9-13-16-11-6-5-10(15)8-12(11)17(13)14-4-2-3-7-19-14/h5-6,8,14H,2-4,7,9H2,1H3. The predicted molar refractivity (Wildman–Crippen MR) is 77.0 cm³/mol. The molecule has 0 radical (unpaired) electrons. The van der Waals surface area contributed by atoms with Crippen molar-refractivity contribution in [2.45, 2.75) is 32.1 Å². The first-order chi connectivity index (χ1) is 9.29. The number of ether oxygens (including phenoxy) is 2. The Hall–Kier alpha value is -0.910. The SMILES string of the molecule is COCc1nc2ccc(Br)cc2n1C1CCCCO1. The molecule has 0 aliphatic carbocycles. The Morgan fingerprint density at radius 2 is 2.37 bits per heavy atom. The second-order valence-corrected chi connectivity index (χ2v) is 5.70. The van der Waals surface area contributed by atoms with Gasteiger partial charge in [0.25, 0.3) is 0 Å². The van der Waals surface area contributed by atoms with Crippen LogP contribution >= 0.6 is 15.9 Å². The van der Waals surface area contributed by atoms with E-state index in [1.807, 2.05) is 12.1 Å². The van der Waals surface area contributed by atoms with Crippen LogP contribution in [0.15, 0.2) is 22.7 Å². The molecule has 3 rings (SSSR count). The minimum Gasteiger partial charge on any atom is -0.377 e. The van der Waals surface area contributed by atoms with Crippen LogP contribution < -0.4 is 0 Å². The molecule has 0 spiro atoms. The number of benzene rings is 1. The fourth-order valence-corrected chi connectivity index (χ4v) is 2.94. The molecule has 0 saturated carbocycles. The number of fused-ring (bicyclic) bond motifs is 1. The van der Waals surface area contributed by atoms with Crippen molar-refractivity contribution in [3.63, 3.8) is 0 Å². The van der Waals surface area contributed by atoms with Gasteiger partial charge in [0, 0.05) is 18.2 Å². The summed E-state index contributed by atoms with van der Waals surface area (Å²) in [6.07, 6.45) is 3.46. The first kappa shape index (κ1) is 13.1. The fraction of sp³-hybridized carbons (Fsp3) is 0.500. The number of aromatic nitrogens is 2. The average molecular weight is 325 g/mol. The summed E-state index contributed by atoms with van der Waals surface area (Å²) in [6, 6.07) is 6.13. The molecular weight excluding hydrogens is 308 g/mol. The van der Waals surface area contributed by atoms with Crippen LogP contribution in [0.3, 0.4) is 0 Å². The van der Waals surface area contributed by atoms with E-state index >= 15 is 0 Å². The summed E-state index contributed by atoms with van der Waals surface area (Å²) in [5, 5.41) is 0. The van der Waals surface area contributed by atoms with Gasteiger partial charge in [-0.2, -0.15) is 0 Å². The topological polar surface area (TPSA) is 36.3 Å². The molecular formula is C14H17BrN2O2. The van der Waals surface area contributed by atoms with Crippen molar-refractivity contribution >= 4 is 27.0 Å². The molecule has 1 unspecified atom stereocenters. The molecule has 0 N–H and O–H groups in total. The summed E-state index contributed by atoms with van der Waals surface area (Å²) in [5.41, 5.74) is 2.10. The van der Waals surface area contributed by atoms with Crippen molar-refractivity contribution in [1.29, 1.82) is 0 Å². The normalized spacial score (nSPS) is 20.0. The minimum absolute atomic E-state index is 0.0817. The predicted octanol–water partition coefficient (Wildman–Crippen LogP) is 3.64. The fourth-order valence-electron chi connectivity index (χ4n) is 2.60. The van der Waals surface area contributed by atoms with Gasteiger partial charge >= 0.3 is 0 Å². The lowest BCUT2D eigenvalue weighted by Gasteiger charge is -2.26. The number of halogens is 1. The van der Waals surface area contributed by atoms with Crippen LogP contribution in [-0.4, -0.2) is 23.3 Å². The van der Waals surface area contributed by atoms with Crippen molar-refractivity contribution in [3.8, 4) is 0 Å². The summed E-state index contributed by atoms with van der Waals surface area (Å²) in [6.45, 7) is 1.33. The third-order valence-electron chi connectivity index (χ3n) is 3.44. The summed E-state index contributed by atoms with van der Waals surface area (Å²) in [5.74, 6) is 0.933. The summed E-state index contributed by atoms with van der Waals surface area (Å²) >= 11 is 3.53. The third kappa shape index (κ3) is 2.55. The van der Waals surface area contributed by atoms with Crippen LogP contribution in [-0.2, 0) is 16.1 Å². The van der Waals surface area contributed by atoms with Gasteiger partial charge < -0.3 is 9.47 Å². The van der Waals surface area contributed by atoms with E-state index < -0.39 is 0 Å². The van der Waals surface area contributed by atoms with Crippen LogP contribution in [0.5, 0.6) is 0 Å². The van der Waals surface area contributed by atoms with Crippen molar-refractivity contribution < 1.29 is 9.47 Å². The first-order valence-corrected chi connectivity index (χ1v) is 7.36. The molecule has 1 aromatic carbocycles. The van der Waals surface area contributed by atoms with Gasteiger partial charge in [-0.1, -0.05) is 15.9 Å². The Bertz CT molecular complexity index is 576. The van der Waals surface area contributed by atoms with E-state index in [1.165, 1.54) is 6.42 Å². The molecule has 4 nitrogen and oxygen atoms in total. The number of hydrogen-bond donors (Lipinski definition) is 0. The van der Waals surface area contributed by atoms with Gasteiger partial charge in [-0.25, -0.2) is 4.98 Å². The van der Waals surface area contributed by atoms with E-state index in [9.17, 15) is 0 Å². The summed E-state index contributed by atoms with van der Waals surface area (Å²) in [7, 11) is 1.70. The molecule has 2 aromatic rings. The zero-order valence-corrected chi connectivity index (χ0v) is 12.5. The van der Waals surface area contributed by atoms with Gasteiger partial charge in [-0.15, -0.1) is 0 Å². The molecule has 1 aliphatic heterocycles. The molecule has 19 heavy (non-hydrogen) atoms. The van der Waals surface area contributed by atoms with Crippen LogP contribution in [0.1, 0.15) is 31.3 Å². The van der Waals surface area contributed by atoms with Crippen LogP contribution in [0.25, 0.3) is 11.0 Å². The van der Waals surface area contributed by atoms with E-state index in [4.69, 9.17) is 9.47 Å². The van der Waals surface area contributed by atoms with Crippen LogP contribution in [0.4, 0.5) is 0 Å². The second-order valence-electron chi connectivity index (χ2n) is 4.79. The van der Waals surface area contributed by atoms with Gasteiger partial charge in [0.1, 0.15) is 18.7 Å². The smallest absolute Gasteiger partial charge is 0.138 e. The van der Waals surface area contributed by atoms with E-state index in [0.29, 0.717) is 6.61 Å². The van der Waals surface area contributed by atoms with Crippen molar-refractivity contribution in [2.75, 3.05) is 13.7 Å². The highest BCUT2D eigenvalue weighted by atomic mass is 79.9. The van der Waals surface area contributed by atoms with E-state index in [2.05, 4.69) is 31.5 Å². The Labute approximate surface area is 120 Å². The first-order valence-electron chi connectivity index (χ1n) is 6.56. The monoisotopic (exact) mass is 324 g/mol. The Kier molecular flexibility index (Phi) is 3.86. The van der Waals surface area contributed by atoms with Crippen LogP contribution in [0.2, 0.25) is 0 Å². The molecule has 1 aromatic heterocycles. The lowest BCUT2D eigenvalue weighted by atomic mass is 10.2. The lowest BCUT2D eigenvalue weighted by Crippen LogP contribution is -2.20. The second kappa shape index (κ2) is 5.61. The van der Waals surface area contributed by atoms with Gasteiger partial charge in [0.05, 0.1) is 11.0 Å². The molecule has 0 bridgehead atoms. The maximum absolute atomic E-state index is 5.91. The van der Waals surface area contributed by atoms with Gasteiger partial charge in [0.2, 0.25) is 0 Å². The zero-order chi connectivity index (χ0) is 13.2. The molecule has 1 atom stereocenters. The van der Waals surface area contributed by atoms with Gasteiger partial charge in [-0.05, 0) is 37.5 Å². The lowest BCUT2D eigenvalue weighted by molar-refractivity contribution is -0.0332. The highest BCUT2D eigenvalue weighted by Gasteiger charge is 2.21. The number of rotatable bonds is 3. The Morgan fingerprint density at radius 1 is 1.47 bits per heavy atom. The molecule has 2 heterocycles. The highest BCUT2D eigenvalue weighted by molar-refractivity contribution is 9.10. The van der Waals surface area contributed by atoms with Crippen molar-refractivity contribution in [1.82, 2.24) is 9.55 Å². The average Bonchev–Trinajstić information content (AvgIpc) is 2.77. The number of hydrogen-bond acceptors (Lipinski definition) is 3. The number of imidazole rings is 1. The maximum atomic E-state index is 5.91. The number of methoxy groups -OCH3 is 1. The number of nitrogens with zero attached hydrogens (tertiary/aromatic N) is 2. The van der Waals surface area contributed by atoms with Crippen LogP contribution in [0, 0.1) is 0 Å². The Morgan fingerprint density at radius 3 is 3.11 bits per heavy atom. The van der Waals surface area contributed by atoms with Gasteiger partial charge in [-0.3, -0.25) is 4.57 Å². The summed E-state index contributed by atoms with van der Waals surface area (Å²) < 4.78 is 14.4. The molecule has 5 heteroatoms. The van der Waals surface area contributed by atoms with E-state index in [-0.39, 0.29) is 6.23 Å². The maximum Gasteiger partial charge on any atom is 0.138 e. The van der Waals surface area contributed by atoms with E-state index in [1.54, 1.807) is 7.11 Å². The third-order valence-corrected chi connectivity index (χ3v) is 3.93. The van der Waals surface area contributed by atoms with Gasteiger partial charge in [0.15, 0.2) is 0 Å². The molecule has 102 valence electrons. The quantitative estimate of drug-likeness (QED) is 0.864. The highest BCUT2D eigenvalue weighted by Crippen LogP contribution is 2.30. The molecule has 0 amide bonds. The van der Waals surface area contributed by atoms with Crippen molar-refractivity contribution in [3.05, 3.63) is 28.5 Å². The van der Waals surface area contributed by atoms with E-state index in [0.717, 1.165) is 40.8 Å². The Balaban J connectivity index is 2.11. The zero-order valence-electron chi connectivity index (χ0n) is 10.9. The molecule has 1 fully saturated rings. The molecule has 1 saturated heterocycles.